The van der Waals surface area contributed by atoms with Gasteiger partial charge in [0.25, 0.3) is 10.0 Å². The summed E-state index contributed by atoms with van der Waals surface area (Å²) < 4.78 is 25.4. The molecular formula is C25H30N2O3S. The normalized spacial score (nSPS) is 31.0. The van der Waals surface area contributed by atoms with Gasteiger partial charge in [0.1, 0.15) is 5.75 Å². The molecule has 0 heterocycles. The predicted molar refractivity (Wildman–Crippen MR) is 122 cm³/mol. The van der Waals surface area contributed by atoms with Crippen LogP contribution in [0.4, 0.5) is 0 Å². The van der Waals surface area contributed by atoms with Crippen LogP contribution in [0, 0.1) is 24.2 Å². The summed E-state index contributed by atoms with van der Waals surface area (Å²) in [5, 5.41) is 14.3. The van der Waals surface area contributed by atoms with Crippen molar-refractivity contribution in [3.05, 3.63) is 59.2 Å². The van der Waals surface area contributed by atoms with Crippen molar-refractivity contribution in [3.63, 3.8) is 0 Å². The number of hydrogen-bond acceptors (Lipinski definition) is 4. The molecule has 2 aromatic carbocycles. The van der Waals surface area contributed by atoms with E-state index in [1.807, 2.05) is 19.1 Å². The van der Waals surface area contributed by atoms with Crippen molar-refractivity contribution in [3.8, 4) is 5.75 Å². The Morgan fingerprint density at radius 3 is 2.61 bits per heavy atom. The molecule has 6 heteroatoms. The fourth-order valence-electron chi connectivity index (χ4n) is 6.43. The molecule has 5 rings (SSSR count). The first-order valence-electron chi connectivity index (χ1n) is 11.3. The molecule has 3 unspecified atom stereocenters. The van der Waals surface area contributed by atoms with Crippen molar-refractivity contribution in [2.45, 2.75) is 63.2 Å². The van der Waals surface area contributed by atoms with E-state index in [-0.39, 0.29) is 10.3 Å². The molecule has 5 nitrogen and oxygen atoms in total. The van der Waals surface area contributed by atoms with Crippen LogP contribution in [0.1, 0.15) is 61.6 Å². The molecule has 2 fully saturated rings. The zero-order valence-corrected chi connectivity index (χ0v) is 19.0. The summed E-state index contributed by atoms with van der Waals surface area (Å²) in [6, 6.07) is 12.7. The van der Waals surface area contributed by atoms with Crippen LogP contribution in [0.15, 0.2) is 52.5 Å². The van der Waals surface area contributed by atoms with E-state index in [0.29, 0.717) is 23.5 Å². The van der Waals surface area contributed by atoms with E-state index in [0.717, 1.165) is 49.8 Å². The van der Waals surface area contributed by atoms with E-state index in [4.69, 9.17) is 0 Å². The van der Waals surface area contributed by atoms with Crippen LogP contribution in [0.2, 0.25) is 0 Å². The lowest BCUT2D eigenvalue weighted by Crippen LogP contribution is -2.43. The quantitative estimate of drug-likeness (QED) is 0.670. The molecule has 0 radical (unpaired) electrons. The molecular weight excluding hydrogens is 408 g/mol. The second-order valence-electron chi connectivity index (χ2n) is 9.76. The van der Waals surface area contributed by atoms with Crippen molar-refractivity contribution >= 4 is 15.7 Å². The number of phenols is 1. The number of nitrogens with zero attached hydrogens (tertiary/aromatic N) is 1. The summed E-state index contributed by atoms with van der Waals surface area (Å²) in [5.74, 6) is 2.01. The van der Waals surface area contributed by atoms with E-state index in [2.05, 4.69) is 22.9 Å². The molecule has 2 N–H and O–H groups in total. The van der Waals surface area contributed by atoms with E-state index >= 15 is 0 Å². The van der Waals surface area contributed by atoms with Gasteiger partial charge in [-0.2, -0.15) is 13.5 Å². The summed E-state index contributed by atoms with van der Waals surface area (Å²) in [5.41, 5.74) is 4.68. The zero-order chi connectivity index (χ0) is 21.8. The van der Waals surface area contributed by atoms with Crippen LogP contribution in [0.5, 0.6) is 5.75 Å². The molecule has 0 saturated heterocycles. The Morgan fingerprint density at radius 2 is 1.84 bits per heavy atom. The minimum atomic E-state index is -3.66. The highest BCUT2D eigenvalue weighted by Gasteiger charge is 2.53. The van der Waals surface area contributed by atoms with Crippen LogP contribution in [-0.2, 0) is 16.4 Å². The Balaban J connectivity index is 1.38. The maximum absolute atomic E-state index is 12.7. The molecule has 0 aliphatic heterocycles. The highest BCUT2D eigenvalue weighted by molar-refractivity contribution is 7.89. The number of sulfonamides is 1. The van der Waals surface area contributed by atoms with Crippen LogP contribution in [0.3, 0.4) is 0 Å². The Labute approximate surface area is 184 Å². The van der Waals surface area contributed by atoms with Crippen molar-refractivity contribution < 1.29 is 13.5 Å². The topological polar surface area (TPSA) is 78.8 Å². The molecule has 31 heavy (non-hydrogen) atoms. The lowest BCUT2D eigenvalue weighted by Gasteiger charge is -2.49. The molecule has 2 aromatic rings. The lowest BCUT2D eigenvalue weighted by atomic mass is 9.55. The fourth-order valence-corrected chi connectivity index (χ4v) is 7.26. The average molecular weight is 439 g/mol. The molecule has 3 aliphatic carbocycles. The molecule has 3 aliphatic rings. The monoisotopic (exact) mass is 438 g/mol. The van der Waals surface area contributed by atoms with Gasteiger partial charge in [0.15, 0.2) is 0 Å². The number of phenolic OH excluding ortho intramolecular Hbond substituents is 1. The van der Waals surface area contributed by atoms with Crippen LogP contribution in [0.25, 0.3) is 0 Å². The van der Waals surface area contributed by atoms with Crippen molar-refractivity contribution in [2.75, 3.05) is 0 Å². The first-order valence-corrected chi connectivity index (χ1v) is 12.7. The Kier molecular flexibility index (Phi) is 4.88. The summed E-state index contributed by atoms with van der Waals surface area (Å²) in [6.07, 6.45) is 6.15. The van der Waals surface area contributed by atoms with Crippen molar-refractivity contribution in [2.24, 2.45) is 22.4 Å². The van der Waals surface area contributed by atoms with Gasteiger partial charge < -0.3 is 5.11 Å². The van der Waals surface area contributed by atoms with Crippen LogP contribution < -0.4 is 4.83 Å². The van der Waals surface area contributed by atoms with Gasteiger partial charge in [-0.1, -0.05) is 30.7 Å². The Morgan fingerprint density at radius 1 is 1.06 bits per heavy atom. The molecule has 164 valence electrons. The highest BCUT2D eigenvalue weighted by atomic mass is 32.2. The highest BCUT2D eigenvalue weighted by Crippen LogP contribution is 2.59. The smallest absolute Gasteiger partial charge is 0.276 e. The molecule has 4 atom stereocenters. The second kappa shape index (κ2) is 7.37. The third-order valence-electron chi connectivity index (χ3n) is 8.08. The van der Waals surface area contributed by atoms with Crippen molar-refractivity contribution in [1.82, 2.24) is 4.83 Å². The van der Waals surface area contributed by atoms with E-state index < -0.39 is 10.0 Å². The third-order valence-corrected chi connectivity index (χ3v) is 9.31. The fraction of sp³-hybridized carbons (Fsp3) is 0.480. The number of aromatic hydroxyl groups is 1. The minimum absolute atomic E-state index is 0.0502. The first kappa shape index (κ1) is 20.6. The van der Waals surface area contributed by atoms with Gasteiger partial charge in [0.05, 0.1) is 4.90 Å². The van der Waals surface area contributed by atoms with Gasteiger partial charge in [0, 0.05) is 11.1 Å². The van der Waals surface area contributed by atoms with Gasteiger partial charge >= 0.3 is 0 Å². The summed E-state index contributed by atoms with van der Waals surface area (Å²) in [7, 11) is -3.66. The van der Waals surface area contributed by atoms with Crippen LogP contribution >= 0.6 is 0 Å². The maximum Gasteiger partial charge on any atom is 0.276 e. The lowest BCUT2D eigenvalue weighted by molar-refractivity contribution is 0.0954. The second-order valence-corrected chi connectivity index (χ2v) is 11.4. The molecule has 0 aromatic heterocycles. The summed E-state index contributed by atoms with van der Waals surface area (Å²) >= 11 is 0. The summed E-state index contributed by atoms with van der Waals surface area (Å²) in [6.45, 7) is 4.22. The molecule has 2 saturated carbocycles. The molecule has 0 amide bonds. The van der Waals surface area contributed by atoms with Gasteiger partial charge in [-0.25, -0.2) is 4.83 Å². The zero-order valence-electron chi connectivity index (χ0n) is 18.1. The predicted octanol–water partition coefficient (Wildman–Crippen LogP) is 4.89. The van der Waals surface area contributed by atoms with Crippen molar-refractivity contribution in [1.29, 1.82) is 0 Å². The number of fused-ring (bicyclic) bond motifs is 5. The van der Waals surface area contributed by atoms with Gasteiger partial charge in [-0.3, -0.25) is 0 Å². The standard InChI is InChI=1S/C25H30N2O3S/c1-16-3-7-19(8-4-16)31(29,30)27-26-24-12-11-23-22-9-5-17-15-18(28)6-10-20(17)21(22)13-14-25(23,24)2/h3-4,6-8,10,15,21-23,27-28H,5,9,11-14H2,1-2H3/b26-24-/t21?,22?,23?,25-/m0/s1. The summed E-state index contributed by atoms with van der Waals surface area (Å²) in [4.78, 5) is 2.77. The number of rotatable bonds is 3. The largest absolute Gasteiger partial charge is 0.508 e. The van der Waals surface area contributed by atoms with Gasteiger partial charge in [-0.05, 0) is 98.6 Å². The Bertz CT molecular complexity index is 1140. The maximum atomic E-state index is 12.7. The number of nitrogens with one attached hydrogen (secondary N) is 1. The van der Waals surface area contributed by atoms with E-state index in [9.17, 15) is 13.5 Å². The number of hydrazone groups is 1. The number of aryl methyl sites for hydroxylation is 2. The number of hydrogen-bond donors (Lipinski definition) is 2. The molecule has 0 spiro atoms. The SMILES string of the molecule is Cc1ccc(S(=O)(=O)N/N=C2/CCC3C4CCc5cc(O)ccc5C4CC[C@]23C)cc1. The van der Waals surface area contributed by atoms with Gasteiger partial charge in [-0.15, -0.1) is 0 Å². The van der Waals surface area contributed by atoms with E-state index in [1.54, 1.807) is 24.3 Å². The Hall–Kier alpha value is -2.34. The average Bonchev–Trinajstić information content (AvgIpc) is 3.08. The number of benzene rings is 2. The third kappa shape index (κ3) is 3.45. The minimum Gasteiger partial charge on any atom is -0.508 e. The van der Waals surface area contributed by atoms with Crippen LogP contribution in [-0.4, -0.2) is 19.2 Å². The van der Waals surface area contributed by atoms with Gasteiger partial charge in [0.2, 0.25) is 0 Å². The first-order chi connectivity index (χ1) is 14.8. The van der Waals surface area contributed by atoms with E-state index in [1.165, 1.54) is 11.1 Å². The molecule has 0 bridgehead atoms.